The molecule has 43 heavy (non-hydrogen) atoms. The molecule has 0 bridgehead atoms. The van der Waals surface area contributed by atoms with E-state index in [0.717, 1.165) is 72.6 Å². The SMILES string of the molecule is C=C(O)c1ccc(CN(CCCCC(C)=O)CCc2cc(C)ccc2OCc2ccc(-c3ccc(OC)cc3)cc2)cc1. The number of nitrogens with zero attached hydrogens (tertiary/aromatic N) is 1. The minimum absolute atomic E-state index is 0.0767. The van der Waals surface area contributed by atoms with Crippen molar-refractivity contribution in [2.75, 3.05) is 20.2 Å². The van der Waals surface area contributed by atoms with Gasteiger partial charge < -0.3 is 19.4 Å². The number of methoxy groups -OCH3 is 1. The summed E-state index contributed by atoms with van der Waals surface area (Å²) in [6, 6.07) is 30.9. The molecule has 0 aromatic heterocycles. The molecule has 0 amide bonds. The lowest BCUT2D eigenvalue weighted by molar-refractivity contribution is -0.117. The number of unbranched alkanes of at least 4 members (excludes halogenated alkanes) is 1. The van der Waals surface area contributed by atoms with Gasteiger partial charge in [0.05, 0.1) is 7.11 Å². The van der Waals surface area contributed by atoms with E-state index in [1.165, 1.54) is 16.7 Å². The Kier molecular flexibility index (Phi) is 11.6. The van der Waals surface area contributed by atoms with Gasteiger partial charge in [0, 0.05) is 25.1 Å². The maximum absolute atomic E-state index is 11.5. The molecule has 4 aromatic rings. The van der Waals surface area contributed by atoms with Crippen molar-refractivity contribution in [3.63, 3.8) is 0 Å². The molecule has 4 aromatic carbocycles. The molecule has 5 heteroatoms. The van der Waals surface area contributed by atoms with Crippen LogP contribution in [-0.2, 0) is 24.4 Å². The van der Waals surface area contributed by atoms with Crippen LogP contribution in [0.3, 0.4) is 0 Å². The van der Waals surface area contributed by atoms with Gasteiger partial charge in [-0.2, -0.15) is 0 Å². The molecule has 4 rings (SSSR count). The second-order valence-electron chi connectivity index (χ2n) is 11.2. The lowest BCUT2D eigenvalue weighted by Crippen LogP contribution is -2.27. The summed E-state index contributed by atoms with van der Waals surface area (Å²) in [6.07, 6.45) is 3.34. The van der Waals surface area contributed by atoms with Crippen LogP contribution in [-0.4, -0.2) is 36.0 Å². The highest BCUT2D eigenvalue weighted by molar-refractivity contribution is 5.75. The maximum atomic E-state index is 11.5. The molecule has 5 nitrogen and oxygen atoms in total. The normalized spacial score (nSPS) is 11.0. The summed E-state index contributed by atoms with van der Waals surface area (Å²) in [5.41, 5.74) is 7.72. The van der Waals surface area contributed by atoms with Crippen LogP contribution in [0.2, 0.25) is 0 Å². The number of aliphatic hydroxyl groups is 1. The average molecular weight is 578 g/mol. The van der Waals surface area contributed by atoms with Gasteiger partial charge >= 0.3 is 0 Å². The van der Waals surface area contributed by atoms with Gasteiger partial charge in [0.25, 0.3) is 0 Å². The number of hydrogen-bond acceptors (Lipinski definition) is 5. The Morgan fingerprint density at radius 1 is 0.837 bits per heavy atom. The number of Topliss-reactive ketones (excluding diaryl/α,β-unsaturated/α-hetero) is 1. The number of carbonyl (C=O) groups excluding carboxylic acids is 1. The first-order valence-corrected chi connectivity index (χ1v) is 15.0. The molecule has 0 radical (unpaired) electrons. The molecule has 0 atom stereocenters. The molecule has 0 fully saturated rings. The maximum Gasteiger partial charge on any atom is 0.129 e. The minimum atomic E-state index is 0.0767. The largest absolute Gasteiger partial charge is 0.508 e. The van der Waals surface area contributed by atoms with Crippen molar-refractivity contribution in [3.05, 3.63) is 125 Å². The number of aliphatic hydroxyl groups excluding tert-OH is 1. The molecule has 0 saturated carbocycles. The molecule has 0 saturated heterocycles. The van der Waals surface area contributed by atoms with Crippen molar-refractivity contribution < 1.29 is 19.4 Å². The zero-order valence-electron chi connectivity index (χ0n) is 25.6. The third-order valence-corrected chi connectivity index (χ3v) is 7.63. The van der Waals surface area contributed by atoms with E-state index in [4.69, 9.17) is 9.47 Å². The van der Waals surface area contributed by atoms with Crippen LogP contribution < -0.4 is 9.47 Å². The number of carbonyl (C=O) groups is 1. The summed E-state index contributed by atoms with van der Waals surface area (Å²) in [7, 11) is 1.68. The van der Waals surface area contributed by atoms with E-state index in [-0.39, 0.29) is 11.5 Å². The molecule has 0 spiro atoms. The molecule has 0 aliphatic heterocycles. The van der Waals surface area contributed by atoms with E-state index < -0.39 is 0 Å². The van der Waals surface area contributed by atoms with Gasteiger partial charge in [0.2, 0.25) is 0 Å². The number of ketones is 1. The van der Waals surface area contributed by atoms with Crippen LogP contribution in [0.4, 0.5) is 0 Å². The van der Waals surface area contributed by atoms with Crippen molar-refractivity contribution in [1.29, 1.82) is 0 Å². The van der Waals surface area contributed by atoms with Gasteiger partial charge in [0.15, 0.2) is 0 Å². The number of ether oxygens (including phenoxy) is 2. The van der Waals surface area contributed by atoms with Crippen LogP contribution in [0.15, 0.2) is 97.6 Å². The predicted octanol–water partition coefficient (Wildman–Crippen LogP) is 8.58. The van der Waals surface area contributed by atoms with Crippen molar-refractivity contribution in [2.24, 2.45) is 0 Å². The summed E-state index contributed by atoms with van der Waals surface area (Å²) >= 11 is 0. The Hall–Kier alpha value is -4.35. The van der Waals surface area contributed by atoms with Crippen LogP contribution in [0, 0.1) is 6.92 Å². The predicted molar refractivity (Wildman–Crippen MR) is 176 cm³/mol. The topological polar surface area (TPSA) is 59.0 Å². The van der Waals surface area contributed by atoms with Crippen molar-refractivity contribution in [2.45, 2.75) is 52.7 Å². The van der Waals surface area contributed by atoms with Gasteiger partial charge in [-0.3, -0.25) is 4.90 Å². The zero-order chi connectivity index (χ0) is 30.6. The molecular weight excluding hydrogens is 534 g/mol. The smallest absolute Gasteiger partial charge is 0.129 e. The first-order chi connectivity index (χ1) is 20.8. The summed E-state index contributed by atoms with van der Waals surface area (Å²) < 4.78 is 11.6. The Labute approximate surface area is 256 Å². The van der Waals surface area contributed by atoms with Crippen LogP contribution in [0.5, 0.6) is 11.5 Å². The van der Waals surface area contributed by atoms with Crippen LogP contribution >= 0.6 is 0 Å². The summed E-state index contributed by atoms with van der Waals surface area (Å²) in [5, 5.41) is 9.69. The summed E-state index contributed by atoms with van der Waals surface area (Å²) in [5.74, 6) is 2.07. The first kappa shape index (κ1) is 31.6. The Bertz CT molecular complexity index is 1470. The number of hydrogen-bond donors (Lipinski definition) is 1. The fourth-order valence-electron chi connectivity index (χ4n) is 5.10. The highest BCUT2D eigenvalue weighted by Crippen LogP contribution is 2.25. The summed E-state index contributed by atoms with van der Waals surface area (Å²) in [6.45, 7) is 10.4. The van der Waals surface area contributed by atoms with E-state index >= 15 is 0 Å². The molecular formula is C38H43NO4. The minimum Gasteiger partial charge on any atom is -0.508 e. The second-order valence-corrected chi connectivity index (χ2v) is 11.2. The molecule has 224 valence electrons. The highest BCUT2D eigenvalue weighted by atomic mass is 16.5. The highest BCUT2D eigenvalue weighted by Gasteiger charge is 2.11. The fraction of sp³-hybridized carbons (Fsp3) is 0.289. The third-order valence-electron chi connectivity index (χ3n) is 7.63. The third kappa shape index (κ3) is 9.86. The molecule has 0 aliphatic carbocycles. The number of rotatable bonds is 16. The van der Waals surface area contributed by atoms with Crippen LogP contribution in [0.25, 0.3) is 16.9 Å². The Morgan fingerprint density at radius 3 is 2.12 bits per heavy atom. The van der Waals surface area contributed by atoms with E-state index in [0.29, 0.717) is 13.0 Å². The van der Waals surface area contributed by atoms with Gasteiger partial charge in [-0.15, -0.1) is 0 Å². The standard InChI is InChI=1S/C38H43NO4/c1-28-8-21-38(43-27-32-11-15-34(16-12-32)35-17-19-37(42-4)20-18-35)36(25-28)22-24-39(23-6-5-7-29(2)40)26-31-9-13-33(14-10-31)30(3)41/h8-21,25,41H,3,5-7,22-24,26-27H2,1-2,4H3. The van der Waals surface area contributed by atoms with Gasteiger partial charge in [-0.05, 0) is 85.7 Å². The van der Waals surface area contributed by atoms with Crippen LogP contribution in [0.1, 0.15) is 54.0 Å². The van der Waals surface area contributed by atoms with E-state index in [9.17, 15) is 9.90 Å². The first-order valence-electron chi connectivity index (χ1n) is 15.0. The fourth-order valence-corrected chi connectivity index (χ4v) is 5.10. The quantitative estimate of drug-likeness (QED) is 0.107. The van der Waals surface area contributed by atoms with Crippen molar-refractivity contribution in [3.8, 4) is 22.6 Å². The van der Waals surface area contributed by atoms with Gasteiger partial charge in [0.1, 0.15) is 29.6 Å². The Balaban J connectivity index is 1.40. The number of benzene rings is 4. The molecule has 0 aliphatic rings. The second kappa shape index (κ2) is 15.8. The van der Waals surface area contributed by atoms with Gasteiger partial charge in [-0.25, -0.2) is 0 Å². The lowest BCUT2D eigenvalue weighted by atomic mass is 10.0. The average Bonchev–Trinajstić information content (AvgIpc) is 3.01. The molecule has 0 heterocycles. The lowest BCUT2D eigenvalue weighted by Gasteiger charge is -2.23. The van der Waals surface area contributed by atoms with Crippen molar-refractivity contribution >= 4 is 11.5 Å². The Morgan fingerprint density at radius 2 is 1.49 bits per heavy atom. The van der Waals surface area contributed by atoms with E-state index in [1.54, 1.807) is 14.0 Å². The van der Waals surface area contributed by atoms with Crippen molar-refractivity contribution in [1.82, 2.24) is 4.90 Å². The van der Waals surface area contributed by atoms with E-state index in [1.807, 2.05) is 36.4 Å². The van der Waals surface area contributed by atoms with E-state index in [2.05, 4.69) is 73.0 Å². The monoisotopic (exact) mass is 577 g/mol. The summed E-state index contributed by atoms with van der Waals surface area (Å²) in [4.78, 5) is 13.9. The van der Waals surface area contributed by atoms with Gasteiger partial charge in [-0.1, -0.05) is 84.9 Å². The molecule has 1 N–H and O–H groups in total. The zero-order valence-corrected chi connectivity index (χ0v) is 25.6. The number of aryl methyl sites for hydroxylation is 1. The molecule has 0 unspecified atom stereocenters.